The molecule has 0 saturated carbocycles. The van der Waals surface area contributed by atoms with Gasteiger partial charge in [-0.15, -0.1) is 11.3 Å². The number of nitrogens with one attached hydrogen (secondary N) is 1. The van der Waals surface area contributed by atoms with Gasteiger partial charge in [0.2, 0.25) is 0 Å². The Morgan fingerprint density at radius 3 is 2.62 bits per heavy atom. The minimum Gasteiger partial charge on any atom is -0.321 e. The summed E-state index contributed by atoms with van der Waals surface area (Å²) >= 11 is 4.81. The summed E-state index contributed by atoms with van der Waals surface area (Å²) in [6.45, 7) is 1.93. The third-order valence-corrected chi connectivity index (χ3v) is 4.43. The topological polar surface area (TPSA) is 46.9 Å². The van der Waals surface area contributed by atoms with Crippen LogP contribution < -0.4 is 5.32 Å². The van der Waals surface area contributed by atoms with Gasteiger partial charge < -0.3 is 5.32 Å². The molecule has 21 heavy (non-hydrogen) atoms. The zero-order valence-electron chi connectivity index (χ0n) is 11.2. The quantitative estimate of drug-likeness (QED) is 0.757. The third-order valence-electron chi connectivity index (χ3n) is 3.01. The lowest BCUT2D eigenvalue weighted by Gasteiger charge is -2.06. The Morgan fingerprint density at radius 1 is 1.29 bits per heavy atom. The lowest BCUT2D eigenvalue weighted by molar-refractivity contribution is 0.103. The second-order valence-corrected chi connectivity index (χ2v) is 6.37. The number of aryl methyl sites for hydroxylation is 1. The van der Waals surface area contributed by atoms with Crippen molar-refractivity contribution in [3.8, 4) is 5.69 Å². The van der Waals surface area contributed by atoms with E-state index in [4.69, 9.17) is 0 Å². The maximum Gasteiger partial charge on any atom is 0.265 e. The second-order valence-electron chi connectivity index (χ2n) is 4.54. The number of amides is 1. The van der Waals surface area contributed by atoms with Gasteiger partial charge in [0.05, 0.1) is 21.2 Å². The molecule has 106 valence electrons. The summed E-state index contributed by atoms with van der Waals surface area (Å²) in [4.78, 5) is 12.9. The molecule has 0 radical (unpaired) electrons. The van der Waals surface area contributed by atoms with Gasteiger partial charge in [0.15, 0.2) is 0 Å². The van der Waals surface area contributed by atoms with Gasteiger partial charge in [0.25, 0.3) is 5.91 Å². The first-order chi connectivity index (χ1) is 10.1. The lowest BCUT2D eigenvalue weighted by Crippen LogP contribution is -2.11. The molecule has 2 heterocycles. The van der Waals surface area contributed by atoms with Crippen molar-refractivity contribution >= 4 is 38.9 Å². The van der Waals surface area contributed by atoms with Crippen LogP contribution >= 0.6 is 27.3 Å². The first-order valence-corrected chi connectivity index (χ1v) is 7.97. The molecule has 0 bridgehead atoms. The van der Waals surface area contributed by atoms with E-state index in [9.17, 15) is 4.79 Å². The average molecular weight is 362 g/mol. The average Bonchev–Trinajstić information content (AvgIpc) is 3.08. The van der Waals surface area contributed by atoms with Gasteiger partial charge in [0, 0.05) is 11.9 Å². The Morgan fingerprint density at radius 2 is 2.05 bits per heavy atom. The van der Waals surface area contributed by atoms with E-state index < -0.39 is 0 Å². The number of hydrogen-bond acceptors (Lipinski definition) is 3. The maximum absolute atomic E-state index is 12.1. The molecule has 1 aromatic carbocycles. The van der Waals surface area contributed by atoms with Crippen LogP contribution in [0.4, 0.5) is 5.69 Å². The molecule has 0 fully saturated rings. The van der Waals surface area contributed by atoms with Crippen molar-refractivity contribution in [2.45, 2.75) is 6.92 Å². The molecule has 0 spiro atoms. The number of hydrogen-bond donors (Lipinski definition) is 1. The number of carbonyl (C=O) groups excluding carboxylic acids is 1. The minimum atomic E-state index is -0.0721. The van der Waals surface area contributed by atoms with Crippen molar-refractivity contribution in [3.05, 3.63) is 63.0 Å². The Balaban J connectivity index is 1.76. The summed E-state index contributed by atoms with van der Waals surface area (Å²) in [6, 6.07) is 9.50. The minimum absolute atomic E-state index is 0.0721. The van der Waals surface area contributed by atoms with Crippen molar-refractivity contribution in [1.29, 1.82) is 0 Å². The normalized spacial score (nSPS) is 10.6. The monoisotopic (exact) mass is 361 g/mol. The number of thiophene rings is 1. The second kappa shape index (κ2) is 5.83. The number of anilines is 1. The molecule has 0 aliphatic rings. The Labute approximate surface area is 134 Å². The fourth-order valence-electron chi connectivity index (χ4n) is 1.93. The largest absolute Gasteiger partial charge is 0.321 e. The van der Waals surface area contributed by atoms with Gasteiger partial charge in [0.1, 0.15) is 0 Å². The van der Waals surface area contributed by atoms with Gasteiger partial charge in [-0.25, -0.2) is 4.68 Å². The summed E-state index contributed by atoms with van der Waals surface area (Å²) in [5.41, 5.74) is 2.70. The lowest BCUT2D eigenvalue weighted by atomic mass is 10.2. The molecule has 1 N–H and O–H groups in total. The van der Waals surface area contributed by atoms with Crippen LogP contribution in [0.3, 0.4) is 0 Å². The molecule has 3 rings (SSSR count). The highest BCUT2D eigenvalue weighted by atomic mass is 79.9. The fourth-order valence-corrected chi connectivity index (χ4v) is 3.04. The van der Waals surface area contributed by atoms with Crippen molar-refractivity contribution in [2.24, 2.45) is 0 Å². The summed E-state index contributed by atoms with van der Waals surface area (Å²) < 4.78 is 2.69. The maximum atomic E-state index is 12.1. The van der Waals surface area contributed by atoms with Gasteiger partial charge in [-0.05, 0) is 64.1 Å². The van der Waals surface area contributed by atoms with Crippen molar-refractivity contribution in [1.82, 2.24) is 9.78 Å². The molecular weight excluding hydrogens is 350 g/mol. The van der Waals surface area contributed by atoms with E-state index in [1.54, 1.807) is 10.9 Å². The molecule has 0 saturated heterocycles. The highest BCUT2D eigenvalue weighted by Gasteiger charge is 2.10. The molecule has 2 aromatic heterocycles. The molecule has 0 unspecified atom stereocenters. The van der Waals surface area contributed by atoms with E-state index >= 15 is 0 Å². The van der Waals surface area contributed by atoms with Crippen LogP contribution in [-0.4, -0.2) is 15.7 Å². The smallest absolute Gasteiger partial charge is 0.265 e. The summed E-state index contributed by atoms with van der Waals surface area (Å²) in [5.74, 6) is -0.0721. The molecule has 0 aliphatic heterocycles. The molecule has 4 nitrogen and oxygen atoms in total. The van der Waals surface area contributed by atoms with E-state index in [0.717, 1.165) is 26.3 Å². The standard InChI is InChI=1S/C15H12BrN3OS/c1-10-6-7-21-14(10)15(20)18-12-2-4-13(5-3-12)19-9-11(16)8-17-19/h2-9H,1H3,(H,18,20). The van der Waals surface area contributed by atoms with E-state index in [-0.39, 0.29) is 5.91 Å². The van der Waals surface area contributed by atoms with Crippen LogP contribution in [-0.2, 0) is 0 Å². The van der Waals surface area contributed by atoms with Crippen LogP contribution in [0, 0.1) is 6.92 Å². The van der Waals surface area contributed by atoms with Gasteiger partial charge in [-0.3, -0.25) is 4.79 Å². The molecular formula is C15H12BrN3OS. The van der Waals surface area contributed by atoms with Crippen LogP contribution in [0.25, 0.3) is 5.69 Å². The summed E-state index contributed by atoms with van der Waals surface area (Å²) in [5, 5.41) is 9.03. The number of carbonyl (C=O) groups is 1. The summed E-state index contributed by atoms with van der Waals surface area (Å²) in [6.07, 6.45) is 3.61. The molecule has 6 heteroatoms. The molecule has 0 atom stereocenters. The van der Waals surface area contributed by atoms with Crippen molar-refractivity contribution in [3.63, 3.8) is 0 Å². The van der Waals surface area contributed by atoms with Gasteiger partial charge >= 0.3 is 0 Å². The first kappa shape index (κ1) is 14.0. The zero-order valence-corrected chi connectivity index (χ0v) is 13.6. The fraction of sp³-hybridized carbons (Fsp3) is 0.0667. The number of nitrogens with zero attached hydrogens (tertiary/aromatic N) is 2. The Bertz CT molecular complexity index is 776. The zero-order chi connectivity index (χ0) is 14.8. The van der Waals surface area contributed by atoms with Crippen LogP contribution in [0.15, 0.2) is 52.6 Å². The van der Waals surface area contributed by atoms with Crippen LogP contribution in [0.2, 0.25) is 0 Å². The van der Waals surface area contributed by atoms with E-state index in [1.807, 2.05) is 48.8 Å². The number of halogens is 1. The highest BCUT2D eigenvalue weighted by molar-refractivity contribution is 9.10. The Hall–Kier alpha value is -1.92. The Kier molecular flexibility index (Phi) is 3.90. The van der Waals surface area contributed by atoms with E-state index in [1.165, 1.54) is 11.3 Å². The van der Waals surface area contributed by atoms with Crippen molar-refractivity contribution in [2.75, 3.05) is 5.32 Å². The number of rotatable bonds is 3. The predicted molar refractivity (Wildman–Crippen MR) is 88.3 cm³/mol. The molecule has 3 aromatic rings. The third kappa shape index (κ3) is 3.06. The summed E-state index contributed by atoms with van der Waals surface area (Å²) in [7, 11) is 0. The number of aromatic nitrogens is 2. The van der Waals surface area contributed by atoms with E-state index in [0.29, 0.717) is 0 Å². The van der Waals surface area contributed by atoms with Crippen LogP contribution in [0.1, 0.15) is 15.2 Å². The predicted octanol–water partition coefficient (Wildman–Crippen LogP) is 4.26. The van der Waals surface area contributed by atoms with Crippen molar-refractivity contribution < 1.29 is 4.79 Å². The van der Waals surface area contributed by atoms with Crippen LogP contribution in [0.5, 0.6) is 0 Å². The van der Waals surface area contributed by atoms with Gasteiger partial charge in [-0.1, -0.05) is 0 Å². The molecule has 0 aliphatic carbocycles. The SMILES string of the molecule is Cc1ccsc1C(=O)Nc1ccc(-n2cc(Br)cn2)cc1. The molecule has 1 amide bonds. The highest BCUT2D eigenvalue weighted by Crippen LogP contribution is 2.19. The number of benzene rings is 1. The van der Waals surface area contributed by atoms with Gasteiger partial charge in [-0.2, -0.15) is 5.10 Å². The first-order valence-electron chi connectivity index (χ1n) is 6.29. The van der Waals surface area contributed by atoms with E-state index in [2.05, 4.69) is 26.3 Å².